The van der Waals surface area contributed by atoms with Crippen LogP contribution in [0.1, 0.15) is 5.56 Å². The van der Waals surface area contributed by atoms with E-state index < -0.39 is 9.84 Å². The van der Waals surface area contributed by atoms with Gasteiger partial charge in [-0.2, -0.15) is 11.8 Å². The highest BCUT2D eigenvalue weighted by molar-refractivity contribution is 7.98. The maximum atomic E-state index is 12.2. The molecule has 2 N–H and O–H groups in total. The molecule has 0 atom stereocenters. The molecule has 0 saturated carbocycles. The summed E-state index contributed by atoms with van der Waals surface area (Å²) in [5.41, 5.74) is 1.53. The first-order valence-corrected chi connectivity index (χ1v) is 12.0. The fraction of sp³-hybridized carbons (Fsp3) is 0.350. The molecule has 2 aromatic carbocycles. The van der Waals surface area contributed by atoms with Crippen LogP contribution in [-0.4, -0.2) is 53.6 Å². The zero-order chi connectivity index (χ0) is 21.3. The molecule has 0 heterocycles. The Balaban J connectivity index is 1.88. The third-order valence-electron chi connectivity index (χ3n) is 3.99. The van der Waals surface area contributed by atoms with Crippen LogP contribution in [0.5, 0.6) is 11.5 Å². The van der Waals surface area contributed by atoms with Crippen LogP contribution in [-0.2, 0) is 20.4 Å². The average Bonchev–Trinajstić information content (AvgIpc) is 2.71. The maximum Gasteiger partial charge on any atom is 0.239 e. The maximum absolute atomic E-state index is 12.2. The van der Waals surface area contributed by atoms with Gasteiger partial charge in [0.1, 0.15) is 4.90 Å². The number of hydrogen-bond acceptors (Lipinski definition) is 7. The summed E-state index contributed by atoms with van der Waals surface area (Å²) >= 11 is 1.73. The van der Waals surface area contributed by atoms with E-state index in [9.17, 15) is 13.2 Å². The minimum Gasteiger partial charge on any atom is -0.493 e. The Hall–Kier alpha value is -2.39. The fourth-order valence-corrected chi connectivity index (χ4v) is 4.55. The molecule has 0 fully saturated rings. The normalized spacial score (nSPS) is 11.0. The van der Waals surface area contributed by atoms with E-state index in [1.54, 1.807) is 23.9 Å². The quantitative estimate of drug-likeness (QED) is 0.521. The van der Waals surface area contributed by atoms with Crippen LogP contribution in [0.15, 0.2) is 47.4 Å². The third-order valence-corrected chi connectivity index (χ3v) is 6.17. The third kappa shape index (κ3) is 6.86. The molecule has 0 unspecified atom stereocenters. The Labute approximate surface area is 176 Å². The van der Waals surface area contributed by atoms with Crippen LogP contribution in [0, 0.1) is 0 Å². The van der Waals surface area contributed by atoms with Crippen molar-refractivity contribution in [3.8, 4) is 11.5 Å². The van der Waals surface area contributed by atoms with Crippen LogP contribution >= 0.6 is 11.8 Å². The van der Waals surface area contributed by atoms with Gasteiger partial charge in [-0.1, -0.05) is 30.3 Å². The van der Waals surface area contributed by atoms with Gasteiger partial charge in [0.2, 0.25) is 5.91 Å². The molecule has 0 radical (unpaired) electrons. The Morgan fingerprint density at radius 3 is 2.41 bits per heavy atom. The van der Waals surface area contributed by atoms with Crippen molar-refractivity contribution in [3.63, 3.8) is 0 Å². The summed E-state index contributed by atoms with van der Waals surface area (Å²) in [5, 5.41) is 5.70. The number of ether oxygens (including phenoxy) is 2. The van der Waals surface area contributed by atoms with E-state index in [-0.39, 0.29) is 23.1 Å². The highest BCUT2D eigenvalue weighted by atomic mass is 32.2. The molecule has 9 heteroatoms. The number of carbonyl (C=O) groups excluding carboxylic acids is 1. The molecule has 1 amide bonds. The van der Waals surface area contributed by atoms with Crippen molar-refractivity contribution in [2.45, 2.75) is 10.6 Å². The van der Waals surface area contributed by atoms with Gasteiger partial charge >= 0.3 is 0 Å². The number of carbonyl (C=O) groups is 1. The SMILES string of the molecule is COc1ccc(NCC(=O)NCCSCc2ccccc2)c(S(C)(=O)=O)c1OC. The van der Waals surface area contributed by atoms with Crippen molar-refractivity contribution in [1.82, 2.24) is 5.32 Å². The van der Waals surface area contributed by atoms with Crippen molar-refractivity contribution < 1.29 is 22.7 Å². The van der Waals surface area contributed by atoms with Crippen molar-refractivity contribution >= 4 is 33.2 Å². The average molecular weight is 439 g/mol. The van der Waals surface area contributed by atoms with Crippen LogP contribution in [0.25, 0.3) is 0 Å². The topological polar surface area (TPSA) is 93.7 Å². The number of methoxy groups -OCH3 is 2. The molecule has 2 aromatic rings. The summed E-state index contributed by atoms with van der Waals surface area (Å²) in [5.74, 6) is 1.86. The lowest BCUT2D eigenvalue weighted by Gasteiger charge is -2.16. The molecule has 0 aliphatic rings. The second-order valence-electron chi connectivity index (χ2n) is 6.19. The summed E-state index contributed by atoms with van der Waals surface area (Å²) in [6.07, 6.45) is 1.08. The molecule has 2 rings (SSSR count). The number of hydrogen-bond donors (Lipinski definition) is 2. The van der Waals surface area contributed by atoms with Crippen LogP contribution in [0.4, 0.5) is 5.69 Å². The predicted octanol–water partition coefficient (Wildman–Crippen LogP) is 2.57. The van der Waals surface area contributed by atoms with Crippen LogP contribution in [0.2, 0.25) is 0 Å². The minimum atomic E-state index is -3.61. The molecule has 29 heavy (non-hydrogen) atoms. The first-order valence-electron chi connectivity index (χ1n) is 8.94. The summed E-state index contributed by atoms with van der Waals surface area (Å²) in [6, 6.07) is 13.3. The van der Waals surface area contributed by atoms with Gasteiger partial charge in [-0.3, -0.25) is 4.79 Å². The Morgan fingerprint density at radius 1 is 1.07 bits per heavy atom. The predicted molar refractivity (Wildman–Crippen MR) is 117 cm³/mol. The number of sulfone groups is 1. The second kappa shape index (κ2) is 11.0. The Morgan fingerprint density at radius 2 is 1.79 bits per heavy atom. The largest absolute Gasteiger partial charge is 0.493 e. The highest BCUT2D eigenvalue weighted by Crippen LogP contribution is 2.39. The lowest BCUT2D eigenvalue weighted by atomic mass is 10.2. The van der Waals surface area contributed by atoms with Gasteiger partial charge in [0.25, 0.3) is 0 Å². The van der Waals surface area contributed by atoms with E-state index in [2.05, 4.69) is 22.8 Å². The van der Waals surface area contributed by atoms with E-state index >= 15 is 0 Å². The van der Waals surface area contributed by atoms with Gasteiger partial charge in [0, 0.05) is 24.3 Å². The molecule has 0 saturated heterocycles. The summed E-state index contributed by atoms with van der Waals surface area (Å²) in [6.45, 7) is 0.476. The molecule has 0 aliphatic carbocycles. The van der Waals surface area contributed by atoms with Crippen molar-refractivity contribution in [1.29, 1.82) is 0 Å². The molecule has 0 spiro atoms. The fourth-order valence-electron chi connectivity index (χ4n) is 2.67. The number of rotatable bonds is 11. The Kier molecular flexibility index (Phi) is 8.66. The van der Waals surface area contributed by atoms with Gasteiger partial charge in [-0.15, -0.1) is 0 Å². The van der Waals surface area contributed by atoms with E-state index in [1.165, 1.54) is 19.8 Å². The number of anilines is 1. The molecular formula is C20H26N2O5S2. The lowest BCUT2D eigenvalue weighted by Crippen LogP contribution is -2.31. The zero-order valence-corrected chi connectivity index (χ0v) is 18.4. The van der Waals surface area contributed by atoms with E-state index in [0.717, 1.165) is 17.8 Å². The van der Waals surface area contributed by atoms with Gasteiger partial charge in [-0.05, 0) is 17.7 Å². The van der Waals surface area contributed by atoms with Gasteiger partial charge in [0.05, 0.1) is 26.5 Å². The minimum absolute atomic E-state index is 0.0365. The van der Waals surface area contributed by atoms with E-state index in [4.69, 9.17) is 9.47 Å². The molecular weight excluding hydrogens is 412 g/mol. The summed E-state index contributed by atoms with van der Waals surface area (Å²) in [4.78, 5) is 12.1. The molecule has 0 aromatic heterocycles. The van der Waals surface area contributed by atoms with E-state index in [0.29, 0.717) is 18.0 Å². The van der Waals surface area contributed by atoms with E-state index in [1.807, 2.05) is 18.2 Å². The van der Waals surface area contributed by atoms with Gasteiger partial charge in [0.15, 0.2) is 21.3 Å². The smallest absolute Gasteiger partial charge is 0.239 e. The highest BCUT2D eigenvalue weighted by Gasteiger charge is 2.23. The molecule has 0 aliphatic heterocycles. The first kappa shape index (κ1) is 22.9. The molecule has 158 valence electrons. The zero-order valence-electron chi connectivity index (χ0n) is 16.7. The lowest BCUT2D eigenvalue weighted by molar-refractivity contribution is -0.119. The van der Waals surface area contributed by atoms with Crippen LogP contribution < -0.4 is 20.1 Å². The van der Waals surface area contributed by atoms with Gasteiger partial charge < -0.3 is 20.1 Å². The molecule has 7 nitrogen and oxygen atoms in total. The summed E-state index contributed by atoms with van der Waals surface area (Å²) < 4.78 is 34.8. The number of nitrogens with one attached hydrogen (secondary N) is 2. The van der Waals surface area contributed by atoms with Crippen molar-refractivity contribution in [2.24, 2.45) is 0 Å². The Bertz CT molecular complexity index is 918. The number of amides is 1. The van der Waals surface area contributed by atoms with Crippen molar-refractivity contribution in [3.05, 3.63) is 48.0 Å². The molecule has 0 bridgehead atoms. The number of benzene rings is 2. The van der Waals surface area contributed by atoms with Crippen molar-refractivity contribution in [2.75, 3.05) is 44.6 Å². The summed E-state index contributed by atoms with van der Waals surface area (Å²) in [7, 11) is -0.808. The van der Waals surface area contributed by atoms with Gasteiger partial charge in [-0.25, -0.2) is 8.42 Å². The standard InChI is InChI=1S/C20H26N2O5S2/c1-26-17-10-9-16(20(19(17)27-2)29(3,24)25)22-13-18(23)21-11-12-28-14-15-7-5-4-6-8-15/h4-10,22H,11-14H2,1-3H3,(H,21,23). The monoisotopic (exact) mass is 438 g/mol. The van der Waals surface area contributed by atoms with Crippen LogP contribution in [0.3, 0.4) is 0 Å². The first-order chi connectivity index (χ1) is 13.9. The number of thioether (sulfide) groups is 1. The second-order valence-corrected chi connectivity index (χ2v) is 9.25.